The molecule has 0 aliphatic carbocycles. The average molecular weight is 392 g/mol. The summed E-state index contributed by atoms with van der Waals surface area (Å²) in [6.07, 6.45) is 0.757. The number of hydrogen-bond donors (Lipinski definition) is 1. The van der Waals surface area contributed by atoms with E-state index in [-0.39, 0.29) is 6.10 Å². The van der Waals surface area contributed by atoms with Gasteiger partial charge in [0, 0.05) is 42.8 Å². The second-order valence-electron chi connectivity index (χ2n) is 6.76. The summed E-state index contributed by atoms with van der Waals surface area (Å²) in [5.41, 5.74) is 3.27. The topological polar surface area (TPSA) is 52.7 Å². The van der Waals surface area contributed by atoms with Gasteiger partial charge in [-0.3, -0.25) is 9.80 Å². The first-order valence-corrected chi connectivity index (χ1v) is 9.26. The fourth-order valence-corrected chi connectivity index (χ4v) is 3.88. The van der Waals surface area contributed by atoms with Gasteiger partial charge in [-0.05, 0) is 31.0 Å². The van der Waals surface area contributed by atoms with Crippen molar-refractivity contribution >= 4 is 15.9 Å². The van der Waals surface area contributed by atoms with Gasteiger partial charge >= 0.3 is 0 Å². The van der Waals surface area contributed by atoms with Gasteiger partial charge in [0.15, 0.2) is 0 Å². The number of nitrogens with zero attached hydrogens (tertiary/aromatic N) is 3. The van der Waals surface area contributed by atoms with Crippen LogP contribution in [-0.4, -0.2) is 52.2 Å². The third-order valence-electron chi connectivity index (χ3n) is 5.00. The van der Waals surface area contributed by atoms with Crippen molar-refractivity contribution in [2.45, 2.75) is 32.5 Å². The number of aromatic nitrogens is 1. The quantitative estimate of drug-likeness (QED) is 0.868. The first-order valence-electron chi connectivity index (χ1n) is 8.47. The number of aliphatic hydroxyl groups is 1. The molecule has 2 aliphatic heterocycles. The summed E-state index contributed by atoms with van der Waals surface area (Å²) in [7, 11) is 0. The Labute approximate surface area is 150 Å². The van der Waals surface area contributed by atoms with Crippen molar-refractivity contribution < 1.29 is 9.52 Å². The molecule has 1 atom stereocenters. The Morgan fingerprint density at radius 2 is 2.12 bits per heavy atom. The Morgan fingerprint density at radius 1 is 1.29 bits per heavy atom. The molecule has 5 nitrogen and oxygen atoms in total. The van der Waals surface area contributed by atoms with Gasteiger partial charge in [0.05, 0.1) is 18.3 Å². The molecule has 2 aromatic rings. The lowest BCUT2D eigenvalue weighted by molar-refractivity contribution is 0.166. The summed E-state index contributed by atoms with van der Waals surface area (Å²) in [4.78, 5) is 9.41. The number of benzene rings is 1. The molecule has 0 unspecified atom stereocenters. The zero-order chi connectivity index (χ0) is 16.7. The van der Waals surface area contributed by atoms with Crippen molar-refractivity contribution in [3.63, 3.8) is 0 Å². The maximum absolute atomic E-state index is 9.60. The van der Waals surface area contributed by atoms with Gasteiger partial charge < -0.3 is 9.52 Å². The highest BCUT2D eigenvalue weighted by Crippen LogP contribution is 2.32. The van der Waals surface area contributed by atoms with Crippen LogP contribution in [0.5, 0.6) is 0 Å². The maximum atomic E-state index is 9.60. The number of β-amino-alcohol motifs (C(OH)–C–C–N with tert-alkyl or cyclic N) is 1. The first kappa shape index (κ1) is 16.3. The van der Waals surface area contributed by atoms with E-state index in [4.69, 9.17) is 9.40 Å². The van der Waals surface area contributed by atoms with Crippen LogP contribution in [0.3, 0.4) is 0 Å². The van der Waals surface area contributed by atoms with Crippen molar-refractivity contribution in [2.75, 3.05) is 26.2 Å². The molecular weight excluding hydrogens is 370 g/mol. The van der Waals surface area contributed by atoms with E-state index in [9.17, 15) is 5.11 Å². The Kier molecular flexibility index (Phi) is 4.47. The summed E-state index contributed by atoms with van der Waals surface area (Å²) in [5, 5.41) is 9.60. The van der Waals surface area contributed by atoms with Crippen molar-refractivity contribution in [1.82, 2.24) is 14.8 Å². The molecule has 1 aromatic heterocycles. The largest absolute Gasteiger partial charge is 0.439 e. The Bertz CT molecular complexity index is 722. The minimum Gasteiger partial charge on any atom is -0.439 e. The van der Waals surface area contributed by atoms with Crippen LogP contribution in [0.4, 0.5) is 0 Å². The predicted octanol–water partition coefficient (Wildman–Crippen LogP) is 2.79. The van der Waals surface area contributed by atoms with Crippen molar-refractivity contribution in [3.8, 4) is 11.5 Å². The molecule has 4 rings (SSSR count). The summed E-state index contributed by atoms with van der Waals surface area (Å²) >= 11 is 3.57. The molecule has 24 heavy (non-hydrogen) atoms. The van der Waals surface area contributed by atoms with Crippen LogP contribution in [0, 0.1) is 6.92 Å². The minimum absolute atomic E-state index is 0.143. The van der Waals surface area contributed by atoms with Crippen LogP contribution in [-0.2, 0) is 13.1 Å². The van der Waals surface area contributed by atoms with Gasteiger partial charge in [-0.1, -0.05) is 22.0 Å². The molecule has 1 aromatic carbocycles. The number of aliphatic hydroxyl groups excluding tert-OH is 1. The van der Waals surface area contributed by atoms with E-state index in [1.807, 2.05) is 12.1 Å². The monoisotopic (exact) mass is 391 g/mol. The highest BCUT2D eigenvalue weighted by atomic mass is 79.9. The number of likely N-dealkylation sites (tertiary alicyclic amines) is 1. The van der Waals surface area contributed by atoms with E-state index in [1.54, 1.807) is 0 Å². The van der Waals surface area contributed by atoms with E-state index in [1.165, 1.54) is 0 Å². The van der Waals surface area contributed by atoms with Crippen LogP contribution in [0.2, 0.25) is 0 Å². The van der Waals surface area contributed by atoms with Crippen molar-refractivity contribution in [2.24, 2.45) is 0 Å². The molecule has 2 aliphatic rings. The molecule has 1 N–H and O–H groups in total. The lowest BCUT2D eigenvalue weighted by Crippen LogP contribution is -2.32. The van der Waals surface area contributed by atoms with Gasteiger partial charge in [0.2, 0.25) is 5.89 Å². The Balaban J connectivity index is 1.40. The van der Waals surface area contributed by atoms with E-state index in [0.717, 1.165) is 78.6 Å². The molecule has 128 valence electrons. The smallest absolute Gasteiger partial charge is 0.226 e. The molecule has 0 amide bonds. The SMILES string of the molecule is Cc1c(Br)cccc1-c1nc2c(o1)CN(CCN1CC[C@H](O)C1)C2. The van der Waals surface area contributed by atoms with Gasteiger partial charge in [0.1, 0.15) is 5.76 Å². The van der Waals surface area contributed by atoms with E-state index in [0.29, 0.717) is 0 Å². The number of fused-ring (bicyclic) bond motifs is 1. The number of oxazole rings is 1. The molecule has 0 bridgehead atoms. The third kappa shape index (κ3) is 3.16. The van der Waals surface area contributed by atoms with E-state index < -0.39 is 0 Å². The summed E-state index contributed by atoms with van der Waals surface area (Å²) < 4.78 is 7.12. The van der Waals surface area contributed by atoms with E-state index in [2.05, 4.69) is 38.7 Å². The first-order chi connectivity index (χ1) is 11.6. The van der Waals surface area contributed by atoms with Crippen molar-refractivity contribution in [1.29, 1.82) is 0 Å². The highest BCUT2D eigenvalue weighted by molar-refractivity contribution is 9.10. The molecule has 0 spiro atoms. The zero-order valence-corrected chi connectivity index (χ0v) is 15.4. The number of rotatable bonds is 4. The average Bonchev–Trinajstić information content (AvgIpc) is 3.22. The Morgan fingerprint density at radius 3 is 2.88 bits per heavy atom. The molecule has 1 fully saturated rings. The lowest BCUT2D eigenvalue weighted by atomic mass is 10.1. The molecule has 0 radical (unpaired) electrons. The lowest BCUT2D eigenvalue weighted by Gasteiger charge is -2.20. The molecule has 6 heteroatoms. The summed E-state index contributed by atoms with van der Waals surface area (Å²) in [5.74, 6) is 1.71. The van der Waals surface area contributed by atoms with Crippen molar-refractivity contribution in [3.05, 3.63) is 39.7 Å². The molecule has 3 heterocycles. The highest BCUT2D eigenvalue weighted by Gasteiger charge is 2.27. The predicted molar refractivity (Wildman–Crippen MR) is 95.6 cm³/mol. The molecule has 0 saturated carbocycles. The van der Waals surface area contributed by atoms with Gasteiger partial charge in [0.25, 0.3) is 0 Å². The number of hydrogen-bond acceptors (Lipinski definition) is 5. The Hall–Kier alpha value is -1.21. The van der Waals surface area contributed by atoms with Crippen LogP contribution in [0.25, 0.3) is 11.5 Å². The maximum Gasteiger partial charge on any atom is 0.226 e. The normalized spacial score (nSPS) is 21.5. The second-order valence-corrected chi connectivity index (χ2v) is 7.61. The fourth-order valence-electron chi connectivity index (χ4n) is 3.51. The van der Waals surface area contributed by atoms with Crippen LogP contribution < -0.4 is 0 Å². The second kappa shape index (κ2) is 6.59. The fraction of sp³-hybridized carbons (Fsp3) is 0.500. The molecular formula is C18H22BrN3O2. The zero-order valence-electron chi connectivity index (χ0n) is 13.8. The number of halogens is 1. The van der Waals surface area contributed by atoms with Gasteiger partial charge in [-0.25, -0.2) is 4.98 Å². The summed E-state index contributed by atoms with van der Waals surface area (Å²) in [6, 6.07) is 6.10. The minimum atomic E-state index is -0.143. The molecule has 1 saturated heterocycles. The van der Waals surface area contributed by atoms with Gasteiger partial charge in [-0.15, -0.1) is 0 Å². The van der Waals surface area contributed by atoms with Crippen LogP contribution in [0.1, 0.15) is 23.4 Å². The van der Waals surface area contributed by atoms with Crippen LogP contribution >= 0.6 is 15.9 Å². The third-order valence-corrected chi connectivity index (χ3v) is 5.86. The van der Waals surface area contributed by atoms with Gasteiger partial charge in [-0.2, -0.15) is 0 Å². The van der Waals surface area contributed by atoms with E-state index >= 15 is 0 Å². The van der Waals surface area contributed by atoms with Crippen LogP contribution in [0.15, 0.2) is 27.1 Å². The standard InChI is InChI=1S/C18H22BrN3O2/c1-12-14(3-2-4-15(12)19)18-20-16-10-22(11-17(16)24-18)8-7-21-6-5-13(23)9-21/h2-4,13,23H,5-11H2,1H3/t13-/m0/s1. The summed E-state index contributed by atoms with van der Waals surface area (Å²) in [6.45, 7) is 7.55.